The number of rotatable bonds is 7. The highest BCUT2D eigenvalue weighted by Crippen LogP contribution is 2.34. The topological polar surface area (TPSA) is 27.3 Å². The van der Waals surface area contributed by atoms with E-state index in [0.717, 1.165) is 24.6 Å². The minimum Gasteiger partial charge on any atom is -0.497 e. The Labute approximate surface area is 158 Å². The minimum absolute atomic E-state index is 0.249. The number of ether oxygens (including phenoxy) is 2. The van der Waals surface area contributed by atoms with Gasteiger partial charge in [-0.1, -0.05) is 34.6 Å². The Hall–Kier alpha value is -1.97. The lowest BCUT2D eigenvalue weighted by Gasteiger charge is -2.31. The molecule has 1 aromatic heterocycles. The van der Waals surface area contributed by atoms with E-state index >= 15 is 0 Å². The summed E-state index contributed by atoms with van der Waals surface area (Å²) in [6, 6.07) is 6.03. The predicted octanol–water partition coefficient (Wildman–Crippen LogP) is 4.61. The molecule has 4 heteroatoms. The van der Waals surface area contributed by atoms with Crippen LogP contribution in [0.25, 0.3) is 0 Å². The third-order valence-corrected chi connectivity index (χ3v) is 4.63. The molecule has 144 valence electrons. The summed E-state index contributed by atoms with van der Waals surface area (Å²) in [6.45, 7) is 15.7. The number of methoxy groups -OCH3 is 2. The SMILES string of the molecule is COc1cc(C[n+]2ccn(CC(C)(C)CC(C)(C)C)c2C)cc(OC)c1. The average Bonchev–Trinajstić information content (AvgIpc) is 2.84. The van der Waals surface area contributed by atoms with E-state index in [2.05, 4.69) is 75.2 Å². The predicted molar refractivity (Wildman–Crippen MR) is 106 cm³/mol. The molecule has 0 fully saturated rings. The third-order valence-electron chi connectivity index (χ3n) is 4.63. The van der Waals surface area contributed by atoms with Crippen LogP contribution >= 0.6 is 0 Å². The van der Waals surface area contributed by atoms with Gasteiger partial charge in [-0.15, -0.1) is 0 Å². The van der Waals surface area contributed by atoms with Gasteiger partial charge in [0.15, 0.2) is 0 Å². The van der Waals surface area contributed by atoms with Crippen LogP contribution in [0.4, 0.5) is 0 Å². The fourth-order valence-electron chi connectivity index (χ4n) is 3.98. The molecule has 0 saturated carbocycles. The molecule has 0 unspecified atom stereocenters. The molecule has 0 radical (unpaired) electrons. The van der Waals surface area contributed by atoms with E-state index < -0.39 is 0 Å². The molecule has 0 saturated heterocycles. The lowest BCUT2D eigenvalue weighted by molar-refractivity contribution is -0.694. The molecule has 0 bridgehead atoms. The van der Waals surface area contributed by atoms with Gasteiger partial charge in [0.2, 0.25) is 0 Å². The first-order valence-corrected chi connectivity index (χ1v) is 9.30. The molecule has 2 rings (SSSR count). The van der Waals surface area contributed by atoms with Crippen LogP contribution in [0.2, 0.25) is 0 Å². The van der Waals surface area contributed by atoms with Gasteiger partial charge in [-0.3, -0.25) is 0 Å². The van der Waals surface area contributed by atoms with Crippen molar-refractivity contribution in [3.63, 3.8) is 0 Å². The first-order chi connectivity index (χ1) is 12.0. The zero-order chi connectivity index (χ0) is 19.5. The van der Waals surface area contributed by atoms with Crippen LogP contribution in [0.3, 0.4) is 0 Å². The largest absolute Gasteiger partial charge is 0.497 e. The molecule has 1 aromatic carbocycles. The molecule has 4 nitrogen and oxygen atoms in total. The molecule has 0 amide bonds. The Kier molecular flexibility index (Phi) is 6.05. The zero-order valence-corrected chi connectivity index (χ0v) is 17.7. The van der Waals surface area contributed by atoms with E-state index in [-0.39, 0.29) is 5.41 Å². The molecule has 0 N–H and O–H groups in total. The normalized spacial score (nSPS) is 12.3. The van der Waals surface area contributed by atoms with Crippen molar-refractivity contribution in [3.05, 3.63) is 42.0 Å². The lowest BCUT2D eigenvalue weighted by atomic mass is 9.76. The molecule has 0 aliphatic carbocycles. The molecular weight excluding hydrogens is 324 g/mol. The van der Waals surface area contributed by atoms with E-state index in [9.17, 15) is 0 Å². The van der Waals surface area contributed by atoms with Crippen LogP contribution in [-0.4, -0.2) is 18.8 Å². The molecule has 0 aliphatic heterocycles. The highest BCUT2D eigenvalue weighted by Gasteiger charge is 2.29. The first-order valence-electron chi connectivity index (χ1n) is 9.30. The van der Waals surface area contributed by atoms with Gasteiger partial charge < -0.3 is 9.47 Å². The van der Waals surface area contributed by atoms with Crippen molar-refractivity contribution in [1.29, 1.82) is 0 Å². The van der Waals surface area contributed by atoms with Gasteiger partial charge in [0.1, 0.15) is 30.4 Å². The third kappa shape index (κ3) is 5.52. The Morgan fingerprint density at radius 1 is 0.962 bits per heavy atom. The number of hydrogen-bond acceptors (Lipinski definition) is 2. The van der Waals surface area contributed by atoms with Crippen LogP contribution in [0.5, 0.6) is 11.5 Å². The van der Waals surface area contributed by atoms with Crippen LogP contribution in [0.1, 0.15) is 52.4 Å². The maximum absolute atomic E-state index is 5.39. The summed E-state index contributed by atoms with van der Waals surface area (Å²) in [7, 11) is 3.37. The summed E-state index contributed by atoms with van der Waals surface area (Å²) in [5.74, 6) is 2.90. The van der Waals surface area contributed by atoms with Crippen LogP contribution in [0.15, 0.2) is 30.6 Å². The summed E-state index contributed by atoms with van der Waals surface area (Å²) in [4.78, 5) is 0. The fourth-order valence-corrected chi connectivity index (χ4v) is 3.98. The Morgan fingerprint density at radius 2 is 1.54 bits per heavy atom. The van der Waals surface area contributed by atoms with E-state index in [4.69, 9.17) is 9.47 Å². The van der Waals surface area contributed by atoms with Gasteiger partial charge in [0, 0.05) is 24.0 Å². The van der Waals surface area contributed by atoms with Gasteiger partial charge in [-0.05, 0) is 24.0 Å². The van der Waals surface area contributed by atoms with Crippen molar-refractivity contribution in [2.75, 3.05) is 14.2 Å². The van der Waals surface area contributed by atoms with Crippen molar-refractivity contribution in [2.24, 2.45) is 10.8 Å². The zero-order valence-electron chi connectivity index (χ0n) is 17.7. The monoisotopic (exact) mass is 359 g/mol. The molecule has 2 aromatic rings. The van der Waals surface area contributed by atoms with Crippen molar-refractivity contribution in [2.45, 2.75) is 61.1 Å². The van der Waals surface area contributed by atoms with Gasteiger partial charge in [-0.2, -0.15) is 0 Å². The lowest BCUT2D eigenvalue weighted by Crippen LogP contribution is -2.37. The maximum atomic E-state index is 5.39. The van der Waals surface area contributed by atoms with E-state index in [1.54, 1.807) is 14.2 Å². The number of nitrogens with zero attached hydrogens (tertiary/aromatic N) is 2. The quantitative estimate of drug-likeness (QED) is 0.675. The molecule has 0 spiro atoms. The van der Waals surface area contributed by atoms with Gasteiger partial charge >= 0.3 is 0 Å². The number of imidazole rings is 1. The Morgan fingerprint density at radius 3 is 2.04 bits per heavy atom. The summed E-state index contributed by atoms with van der Waals surface area (Å²) >= 11 is 0. The second-order valence-electron chi connectivity index (χ2n) is 9.22. The summed E-state index contributed by atoms with van der Waals surface area (Å²) < 4.78 is 15.4. The second kappa shape index (κ2) is 7.73. The standard InChI is InChI=1S/C22H35N2O2/c1-17-23(14-18-11-19(25-7)13-20(12-18)26-8)9-10-24(17)16-22(5,6)15-21(2,3)4/h9-13H,14-16H2,1-8H3/q+1. The minimum atomic E-state index is 0.249. The van der Waals surface area contributed by atoms with Crippen LogP contribution in [0, 0.1) is 17.8 Å². The second-order valence-corrected chi connectivity index (χ2v) is 9.22. The Balaban J connectivity index is 2.19. The van der Waals surface area contributed by atoms with Crippen molar-refractivity contribution >= 4 is 0 Å². The average molecular weight is 360 g/mol. The van der Waals surface area contributed by atoms with Crippen LogP contribution < -0.4 is 14.0 Å². The summed E-state index contributed by atoms with van der Waals surface area (Å²) in [6.07, 6.45) is 5.54. The van der Waals surface area contributed by atoms with E-state index in [1.165, 1.54) is 17.8 Å². The summed E-state index contributed by atoms with van der Waals surface area (Å²) in [5.41, 5.74) is 1.75. The summed E-state index contributed by atoms with van der Waals surface area (Å²) in [5, 5.41) is 0. The van der Waals surface area contributed by atoms with Crippen molar-refractivity contribution < 1.29 is 14.0 Å². The molecule has 1 heterocycles. The highest BCUT2D eigenvalue weighted by molar-refractivity contribution is 5.38. The van der Waals surface area contributed by atoms with Gasteiger partial charge in [0.25, 0.3) is 5.82 Å². The van der Waals surface area contributed by atoms with Crippen LogP contribution in [-0.2, 0) is 13.1 Å². The number of hydrogen-bond donors (Lipinski definition) is 0. The maximum Gasteiger partial charge on any atom is 0.253 e. The van der Waals surface area contributed by atoms with E-state index in [0.29, 0.717) is 5.41 Å². The van der Waals surface area contributed by atoms with Gasteiger partial charge in [0.05, 0.1) is 20.8 Å². The molecule has 26 heavy (non-hydrogen) atoms. The van der Waals surface area contributed by atoms with Crippen molar-refractivity contribution in [3.8, 4) is 11.5 Å². The number of aromatic nitrogens is 2. The molecular formula is C22H35N2O2+. The molecule has 0 aliphatic rings. The fraction of sp³-hybridized carbons (Fsp3) is 0.591. The van der Waals surface area contributed by atoms with Crippen molar-refractivity contribution in [1.82, 2.24) is 4.57 Å². The Bertz CT molecular complexity index is 717. The number of benzene rings is 1. The highest BCUT2D eigenvalue weighted by atomic mass is 16.5. The smallest absolute Gasteiger partial charge is 0.253 e. The first kappa shape index (κ1) is 20.3. The van der Waals surface area contributed by atoms with E-state index in [1.807, 2.05) is 6.07 Å². The van der Waals surface area contributed by atoms with Gasteiger partial charge in [-0.25, -0.2) is 9.13 Å². The molecule has 0 atom stereocenters.